The van der Waals surface area contributed by atoms with Crippen LogP contribution in [0.1, 0.15) is 17.5 Å². The number of carbonyl (C=O) groups is 2. The van der Waals surface area contributed by atoms with Gasteiger partial charge in [-0.15, -0.1) is 0 Å². The van der Waals surface area contributed by atoms with Gasteiger partial charge in [-0.3, -0.25) is 20.4 Å². The van der Waals surface area contributed by atoms with Crippen LogP contribution in [0.15, 0.2) is 72.8 Å². The largest absolute Gasteiger partial charge is 0.493 e. The molecule has 2 amide bonds. The van der Waals surface area contributed by atoms with Crippen molar-refractivity contribution >= 4 is 11.8 Å². The van der Waals surface area contributed by atoms with Crippen LogP contribution in [-0.2, 0) is 22.6 Å². The number of methoxy groups -OCH3 is 2. The highest BCUT2D eigenvalue weighted by atomic mass is 16.5. The molecule has 0 spiro atoms. The lowest BCUT2D eigenvalue weighted by Gasteiger charge is -2.13. The SMILES string of the molecule is COc1cccc(CCC(=O)NNC(=O)COc2ccc(OCc3ccccc3)cc2)c1OC. The predicted molar refractivity (Wildman–Crippen MR) is 127 cm³/mol. The van der Waals surface area contributed by atoms with Crippen molar-refractivity contribution < 1.29 is 28.5 Å². The van der Waals surface area contributed by atoms with Crippen LogP contribution >= 0.6 is 0 Å². The van der Waals surface area contributed by atoms with Gasteiger partial charge in [-0.25, -0.2) is 0 Å². The summed E-state index contributed by atoms with van der Waals surface area (Å²) in [5, 5.41) is 0. The van der Waals surface area contributed by atoms with Crippen molar-refractivity contribution in [1.82, 2.24) is 10.9 Å². The number of ether oxygens (including phenoxy) is 4. The Kier molecular flexibility index (Phi) is 9.16. The third-order valence-corrected chi connectivity index (χ3v) is 4.89. The number of hydrogen-bond acceptors (Lipinski definition) is 6. The van der Waals surface area contributed by atoms with Crippen molar-refractivity contribution in [3.8, 4) is 23.0 Å². The Labute approximate surface area is 198 Å². The van der Waals surface area contributed by atoms with Crippen LogP contribution in [0.5, 0.6) is 23.0 Å². The maximum Gasteiger partial charge on any atom is 0.276 e. The molecule has 8 nitrogen and oxygen atoms in total. The van der Waals surface area contributed by atoms with Crippen molar-refractivity contribution in [3.63, 3.8) is 0 Å². The van der Waals surface area contributed by atoms with Gasteiger partial charge in [-0.05, 0) is 47.9 Å². The number of carbonyl (C=O) groups excluding carboxylic acids is 2. The Balaban J connectivity index is 1.36. The first kappa shape index (κ1) is 24.4. The average Bonchev–Trinajstić information content (AvgIpc) is 2.89. The molecule has 0 atom stereocenters. The zero-order valence-corrected chi connectivity index (χ0v) is 19.2. The quantitative estimate of drug-likeness (QED) is 0.422. The van der Waals surface area contributed by atoms with Crippen molar-refractivity contribution in [1.29, 1.82) is 0 Å². The van der Waals surface area contributed by atoms with E-state index in [1.807, 2.05) is 42.5 Å². The summed E-state index contributed by atoms with van der Waals surface area (Å²) in [6, 6.07) is 22.3. The Morgan fingerprint density at radius 3 is 2.09 bits per heavy atom. The molecule has 0 radical (unpaired) electrons. The number of para-hydroxylation sites is 1. The Hall–Kier alpha value is -4.20. The number of benzene rings is 3. The minimum Gasteiger partial charge on any atom is -0.493 e. The monoisotopic (exact) mass is 464 g/mol. The van der Waals surface area contributed by atoms with Crippen LogP contribution in [0.2, 0.25) is 0 Å². The molecule has 0 aromatic heterocycles. The summed E-state index contributed by atoms with van der Waals surface area (Å²) in [5.74, 6) is 1.59. The molecule has 0 aliphatic carbocycles. The lowest BCUT2D eigenvalue weighted by Crippen LogP contribution is -2.43. The number of hydrogen-bond donors (Lipinski definition) is 2. The molecule has 0 saturated carbocycles. The highest BCUT2D eigenvalue weighted by molar-refractivity contribution is 5.82. The number of hydrazine groups is 1. The van der Waals surface area contributed by atoms with E-state index in [0.29, 0.717) is 36.0 Å². The van der Waals surface area contributed by atoms with Crippen molar-refractivity contribution in [3.05, 3.63) is 83.9 Å². The molecule has 0 bridgehead atoms. The molecule has 3 aromatic carbocycles. The standard InChI is InChI=1S/C26H28N2O6/c1-31-23-10-6-9-20(26(23)32-2)11-16-24(29)27-28-25(30)18-34-22-14-12-21(13-15-22)33-17-19-7-4-3-5-8-19/h3-10,12-15H,11,16-18H2,1-2H3,(H,27,29)(H,28,30). The molecular formula is C26H28N2O6. The average molecular weight is 465 g/mol. The molecule has 0 aliphatic rings. The van der Waals surface area contributed by atoms with E-state index < -0.39 is 5.91 Å². The second kappa shape index (κ2) is 12.7. The predicted octanol–water partition coefficient (Wildman–Crippen LogP) is 3.44. The Bertz CT molecular complexity index is 1070. The summed E-state index contributed by atoms with van der Waals surface area (Å²) < 4.78 is 21.8. The van der Waals surface area contributed by atoms with E-state index in [4.69, 9.17) is 18.9 Å². The fourth-order valence-electron chi connectivity index (χ4n) is 3.16. The van der Waals surface area contributed by atoms with Crippen LogP contribution in [0.4, 0.5) is 0 Å². The zero-order chi connectivity index (χ0) is 24.2. The van der Waals surface area contributed by atoms with Gasteiger partial charge in [0.2, 0.25) is 5.91 Å². The van der Waals surface area contributed by atoms with Gasteiger partial charge in [-0.2, -0.15) is 0 Å². The maximum absolute atomic E-state index is 12.1. The number of aryl methyl sites for hydroxylation is 1. The molecule has 34 heavy (non-hydrogen) atoms. The molecule has 0 unspecified atom stereocenters. The number of nitrogens with one attached hydrogen (secondary N) is 2. The molecule has 0 aliphatic heterocycles. The van der Waals surface area contributed by atoms with Gasteiger partial charge in [0.1, 0.15) is 18.1 Å². The van der Waals surface area contributed by atoms with Gasteiger partial charge >= 0.3 is 0 Å². The third kappa shape index (κ3) is 7.44. The summed E-state index contributed by atoms with van der Waals surface area (Å²) in [7, 11) is 3.10. The summed E-state index contributed by atoms with van der Waals surface area (Å²) >= 11 is 0. The molecular weight excluding hydrogens is 436 g/mol. The Morgan fingerprint density at radius 2 is 1.41 bits per heavy atom. The third-order valence-electron chi connectivity index (χ3n) is 4.89. The van der Waals surface area contributed by atoms with E-state index in [0.717, 1.165) is 11.1 Å². The van der Waals surface area contributed by atoms with Crippen LogP contribution < -0.4 is 29.8 Å². The summed E-state index contributed by atoms with van der Waals surface area (Å²) in [5.41, 5.74) is 6.64. The molecule has 8 heteroatoms. The lowest BCUT2D eigenvalue weighted by atomic mass is 10.1. The topological polar surface area (TPSA) is 95.1 Å². The summed E-state index contributed by atoms with van der Waals surface area (Å²) in [4.78, 5) is 24.1. The summed E-state index contributed by atoms with van der Waals surface area (Å²) in [6.45, 7) is 0.224. The minimum absolute atomic E-state index is 0.162. The highest BCUT2D eigenvalue weighted by Crippen LogP contribution is 2.31. The van der Waals surface area contributed by atoms with Crippen molar-refractivity contribution in [2.24, 2.45) is 0 Å². The first-order valence-corrected chi connectivity index (χ1v) is 10.8. The van der Waals surface area contributed by atoms with Crippen LogP contribution in [0.25, 0.3) is 0 Å². The molecule has 2 N–H and O–H groups in total. The molecule has 0 heterocycles. The van der Waals surface area contributed by atoms with Crippen LogP contribution in [0.3, 0.4) is 0 Å². The van der Waals surface area contributed by atoms with Crippen LogP contribution in [0, 0.1) is 0 Å². The maximum atomic E-state index is 12.1. The molecule has 3 rings (SSSR count). The van der Waals surface area contributed by atoms with E-state index in [9.17, 15) is 9.59 Å². The Morgan fingerprint density at radius 1 is 0.735 bits per heavy atom. The molecule has 0 fully saturated rings. The van der Waals surface area contributed by atoms with E-state index in [1.165, 1.54) is 0 Å². The first-order chi connectivity index (χ1) is 16.6. The lowest BCUT2D eigenvalue weighted by molar-refractivity contribution is -0.130. The second-order valence-corrected chi connectivity index (χ2v) is 7.28. The van der Waals surface area contributed by atoms with Crippen molar-refractivity contribution in [2.45, 2.75) is 19.4 Å². The zero-order valence-electron chi connectivity index (χ0n) is 19.2. The first-order valence-electron chi connectivity index (χ1n) is 10.8. The van der Waals surface area contributed by atoms with E-state index in [1.54, 1.807) is 44.6 Å². The van der Waals surface area contributed by atoms with Gasteiger partial charge < -0.3 is 18.9 Å². The van der Waals surface area contributed by atoms with Gasteiger partial charge in [-0.1, -0.05) is 42.5 Å². The van der Waals surface area contributed by atoms with Gasteiger partial charge in [0.05, 0.1) is 14.2 Å². The second-order valence-electron chi connectivity index (χ2n) is 7.28. The highest BCUT2D eigenvalue weighted by Gasteiger charge is 2.12. The fraction of sp³-hybridized carbons (Fsp3) is 0.231. The molecule has 3 aromatic rings. The normalized spacial score (nSPS) is 10.2. The van der Waals surface area contributed by atoms with E-state index in [2.05, 4.69) is 10.9 Å². The minimum atomic E-state index is -0.475. The molecule has 0 saturated heterocycles. The molecule has 178 valence electrons. The number of rotatable bonds is 11. The summed E-state index contributed by atoms with van der Waals surface area (Å²) in [6.07, 6.45) is 0.590. The van der Waals surface area contributed by atoms with E-state index in [-0.39, 0.29) is 18.9 Å². The van der Waals surface area contributed by atoms with E-state index >= 15 is 0 Å². The number of amides is 2. The van der Waals surface area contributed by atoms with Gasteiger partial charge in [0, 0.05) is 6.42 Å². The van der Waals surface area contributed by atoms with Gasteiger partial charge in [0.15, 0.2) is 18.1 Å². The van der Waals surface area contributed by atoms with Crippen molar-refractivity contribution in [2.75, 3.05) is 20.8 Å². The van der Waals surface area contributed by atoms with Gasteiger partial charge in [0.25, 0.3) is 5.91 Å². The van der Waals surface area contributed by atoms with Crippen LogP contribution in [-0.4, -0.2) is 32.6 Å². The fourth-order valence-corrected chi connectivity index (χ4v) is 3.16. The smallest absolute Gasteiger partial charge is 0.276 e.